The van der Waals surface area contributed by atoms with Crippen LogP contribution < -0.4 is 0 Å². The van der Waals surface area contributed by atoms with Gasteiger partial charge in [-0.25, -0.2) is 0 Å². The van der Waals surface area contributed by atoms with Crippen molar-refractivity contribution in [1.29, 1.82) is 0 Å². The van der Waals surface area contributed by atoms with Crippen LogP contribution in [0.2, 0.25) is 0 Å². The highest BCUT2D eigenvalue weighted by atomic mass is 79.9. The van der Waals surface area contributed by atoms with Crippen molar-refractivity contribution in [3.63, 3.8) is 0 Å². The highest BCUT2D eigenvalue weighted by Crippen LogP contribution is 2.18. The number of hydrogen-bond donors (Lipinski definition) is 0. The zero-order valence-corrected chi connectivity index (χ0v) is 14.7. The summed E-state index contributed by atoms with van der Waals surface area (Å²) >= 11 is 3.52. The third-order valence-corrected chi connectivity index (χ3v) is 4.35. The summed E-state index contributed by atoms with van der Waals surface area (Å²) in [5, 5.41) is 16.5. The molecule has 0 spiro atoms. The predicted octanol–water partition coefficient (Wildman–Crippen LogP) is 3.12. The van der Waals surface area contributed by atoms with Gasteiger partial charge in [0.2, 0.25) is 0 Å². The minimum absolute atomic E-state index is 0.305. The van der Waals surface area contributed by atoms with Crippen LogP contribution in [0.15, 0.2) is 63.6 Å². The summed E-state index contributed by atoms with van der Waals surface area (Å²) in [6.45, 7) is 0.305. The Balaban J connectivity index is 1.47. The fraction of sp³-hybridized carbons (Fsp3) is 0.118. The number of nitrogens with zero attached hydrogens (tertiary/aromatic N) is 6. The van der Waals surface area contributed by atoms with Gasteiger partial charge in [0.15, 0.2) is 11.6 Å². The molecule has 0 amide bonds. The molecule has 8 heteroatoms. The zero-order chi connectivity index (χ0) is 17.1. The van der Waals surface area contributed by atoms with Gasteiger partial charge in [0.1, 0.15) is 6.54 Å². The molecule has 0 atom stereocenters. The molecule has 0 aliphatic heterocycles. The average Bonchev–Trinajstić information content (AvgIpc) is 3.28. The Morgan fingerprint density at radius 2 is 1.76 bits per heavy atom. The van der Waals surface area contributed by atoms with Crippen molar-refractivity contribution >= 4 is 15.9 Å². The van der Waals surface area contributed by atoms with E-state index in [9.17, 15) is 0 Å². The molecule has 4 rings (SSSR count). The van der Waals surface area contributed by atoms with E-state index in [2.05, 4.69) is 41.5 Å². The summed E-state index contributed by atoms with van der Waals surface area (Å²) in [7, 11) is 0. The molecule has 0 radical (unpaired) electrons. The Morgan fingerprint density at radius 1 is 0.960 bits per heavy atom. The van der Waals surface area contributed by atoms with E-state index in [0.29, 0.717) is 30.5 Å². The lowest BCUT2D eigenvalue weighted by atomic mass is 10.1. The normalized spacial score (nSPS) is 10.9. The summed E-state index contributed by atoms with van der Waals surface area (Å²) in [5.41, 5.74) is 1.98. The molecule has 2 heterocycles. The molecule has 0 saturated carbocycles. The Hall–Kier alpha value is -2.87. The number of halogens is 1. The topological polar surface area (TPSA) is 82.5 Å². The highest BCUT2D eigenvalue weighted by Gasteiger charge is 2.11. The van der Waals surface area contributed by atoms with Crippen LogP contribution in [0.3, 0.4) is 0 Å². The molecule has 124 valence electrons. The second-order valence-electron chi connectivity index (χ2n) is 5.39. The first-order valence-corrected chi connectivity index (χ1v) is 8.45. The molecular weight excluding hydrogens is 384 g/mol. The Labute approximate surface area is 151 Å². The monoisotopic (exact) mass is 396 g/mol. The van der Waals surface area contributed by atoms with Gasteiger partial charge in [0.05, 0.1) is 0 Å². The van der Waals surface area contributed by atoms with Gasteiger partial charge in [-0.05, 0) is 29.0 Å². The Bertz CT molecular complexity index is 981. The first-order chi connectivity index (χ1) is 12.3. The SMILES string of the molecule is Brc1ccccc1Cc1nnn(Cc2noc(-c3ccccc3)n2)n1. The summed E-state index contributed by atoms with van der Waals surface area (Å²) in [4.78, 5) is 5.83. The van der Waals surface area contributed by atoms with Crippen LogP contribution in [-0.4, -0.2) is 30.3 Å². The Morgan fingerprint density at radius 3 is 2.60 bits per heavy atom. The molecule has 2 aromatic heterocycles. The van der Waals surface area contributed by atoms with E-state index < -0.39 is 0 Å². The molecule has 25 heavy (non-hydrogen) atoms. The average molecular weight is 397 g/mol. The van der Waals surface area contributed by atoms with E-state index in [4.69, 9.17) is 4.52 Å². The van der Waals surface area contributed by atoms with Crippen LogP contribution in [0.4, 0.5) is 0 Å². The number of hydrogen-bond acceptors (Lipinski definition) is 6. The maximum Gasteiger partial charge on any atom is 0.257 e. The quantitative estimate of drug-likeness (QED) is 0.515. The molecule has 7 nitrogen and oxygen atoms in total. The molecule has 0 aliphatic rings. The lowest BCUT2D eigenvalue weighted by Gasteiger charge is -1.99. The van der Waals surface area contributed by atoms with E-state index in [0.717, 1.165) is 15.6 Å². The highest BCUT2D eigenvalue weighted by molar-refractivity contribution is 9.10. The first-order valence-electron chi connectivity index (χ1n) is 7.66. The summed E-state index contributed by atoms with van der Waals surface area (Å²) in [6.07, 6.45) is 0.600. The predicted molar refractivity (Wildman–Crippen MR) is 93.6 cm³/mol. The summed E-state index contributed by atoms with van der Waals surface area (Å²) in [5.74, 6) is 1.62. The smallest absolute Gasteiger partial charge is 0.257 e. The second kappa shape index (κ2) is 6.94. The molecule has 0 saturated heterocycles. The van der Waals surface area contributed by atoms with E-state index >= 15 is 0 Å². The molecule has 0 bridgehead atoms. The van der Waals surface area contributed by atoms with Crippen LogP contribution in [0, 0.1) is 0 Å². The first kappa shape index (κ1) is 15.6. The maximum absolute atomic E-state index is 5.28. The zero-order valence-electron chi connectivity index (χ0n) is 13.1. The van der Waals surface area contributed by atoms with E-state index in [1.165, 1.54) is 4.80 Å². The van der Waals surface area contributed by atoms with Crippen LogP contribution in [-0.2, 0) is 13.0 Å². The number of tetrazole rings is 1. The second-order valence-corrected chi connectivity index (χ2v) is 6.24. The van der Waals surface area contributed by atoms with Crippen LogP contribution >= 0.6 is 15.9 Å². The molecule has 4 aromatic rings. The van der Waals surface area contributed by atoms with Crippen molar-refractivity contribution in [3.05, 3.63) is 76.3 Å². The largest absolute Gasteiger partial charge is 0.334 e. The van der Waals surface area contributed by atoms with Gasteiger partial charge < -0.3 is 4.52 Å². The van der Waals surface area contributed by atoms with Gasteiger partial charge >= 0.3 is 0 Å². The van der Waals surface area contributed by atoms with Crippen molar-refractivity contribution in [2.75, 3.05) is 0 Å². The van der Waals surface area contributed by atoms with Crippen molar-refractivity contribution in [3.8, 4) is 11.5 Å². The maximum atomic E-state index is 5.28. The number of aromatic nitrogens is 6. The van der Waals surface area contributed by atoms with E-state index in [-0.39, 0.29) is 0 Å². The van der Waals surface area contributed by atoms with Gasteiger partial charge in [-0.15, -0.1) is 10.2 Å². The van der Waals surface area contributed by atoms with Crippen LogP contribution in [0.25, 0.3) is 11.5 Å². The molecular formula is C17H13BrN6O. The summed E-state index contributed by atoms with van der Waals surface area (Å²) < 4.78 is 6.31. The molecule has 0 aliphatic carbocycles. The lowest BCUT2D eigenvalue weighted by molar-refractivity contribution is 0.415. The van der Waals surface area contributed by atoms with Crippen molar-refractivity contribution in [1.82, 2.24) is 30.3 Å². The van der Waals surface area contributed by atoms with E-state index in [1.54, 1.807) is 0 Å². The third kappa shape index (κ3) is 3.63. The Kier molecular flexibility index (Phi) is 4.34. The van der Waals surface area contributed by atoms with Crippen LogP contribution in [0.1, 0.15) is 17.2 Å². The van der Waals surface area contributed by atoms with E-state index in [1.807, 2.05) is 54.6 Å². The molecule has 0 N–H and O–H groups in total. The van der Waals surface area contributed by atoms with Gasteiger partial charge in [-0.2, -0.15) is 9.78 Å². The van der Waals surface area contributed by atoms with Crippen LogP contribution in [0.5, 0.6) is 0 Å². The molecule has 0 fully saturated rings. The summed E-state index contributed by atoms with van der Waals surface area (Å²) in [6, 6.07) is 17.6. The number of rotatable bonds is 5. The minimum Gasteiger partial charge on any atom is -0.334 e. The standard InChI is InChI=1S/C17H13BrN6O/c18-14-9-5-4-8-13(14)10-15-20-23-24(21-15)11-16-19-17(25-22-16)12-6-2-1-3-7-12/h1-9H,10-11H2. The van der Waals surface area contributed by atoms with Gasteiger partial charge in [-0.1, -0.05) is 57.5 Å². The fourth-order valence-corrected chi connectivity index (χ4v) is 2.79. The van der Waals surface area contributed by atoms with Crippen molar-refractivity contribution in [2.24, 2.45) is 0 Å². The van der Waals surface area contributed by atoms with Gasteiger partial charge in [0, 0.05) is 16.5 Å². The van der Waals surface area contributed by atoms with Crippen molar-refractivity contribution < 1.29 is 4.52 Å². The van der Waals surface area contributed by atoms with Gasteiger partial charge in [-0.3, -0.25) is 0 Å². The molecule has 0 unspecified atom stereocenters. The lowest BCUT2D eigenvalue weighted by Crippen LogP contribution is -2.06. The van der Waals surface area contributed by atoms with Gasteiger partial charge in [0.25, 0.3) is 5.89 Å². The molecule has 2 aromatic carbocycles. The third-order valence-electron chi connectivity index (χ3n) is 3.57. The minimum atomic E-state index is 0.305. The number of benzene rings is 2. The van der Waals surface area contributed by atoms with Crippen molar-refractivity contribution in [2.45, 2.75) is 13.0 Å². The fourth-order valence-electron chi connectivity index (χ4n) is 2.37.